The van der Waals surface area contributed by atoms with Gasteiger partial charge in [-0.3, -0.25) is 4.18 Å². The Hall–Kier alpha value is -1.60. The second-order valence-corrected chi connectivity index (χ2v) is 9.47. The average Bonchev–Trinajstić information content (AvgIpc) is 2.47. The third-order valence-corrected chi connectivity index (χ3v) is 5.60. The lowest BCUT2D eigenvalue weighted by Crippen LogP contribution is -2.35. The fourth-order valence-corrected chi connectivity index (χ4v) is 3.92. The van der Waals surface area contributed by atoms with E-state index in [4.69, 9.17) is 8.92 Å². The Morgan fingerprint density at radius 1 is 1.19 bits per heavy atom. The summed E-state index contributed by atoms with van der Waals surface area (Å²) < 4.78 is 34.9. The minimum absolute atomic E-state index is 0.202. The van der Waals surface area contributed by atoms with Crippen molar-refractivity contribution in [2.45, 2.75) is 70.0 Å². The summed E-state index contributed by atoms with van der Waals surface area (Å²) >= 11 is 0. The number of hydrogen-bond acceptors (Lipinski definition) is 5. The largest absolute Gasteiger partial charge is 0.444 e. The number of hydrogen-bond donors (Lipinski definition) is 1. The molecule has 1 aromatic rings. The first-order valence-corrected chi connectivity index (χ1v) is 10.4. The molecule has 26 heavy (non-hydrogen) atoms. The van der Waals surface area contributed by atoms with Gasteiger partial charge in [-0.25, -0.2) is 4.79 Å². The van der Waals surface area contributed by atoms with Gasteiger partial charge in [0.15, 0.2) is 0 Å². The number of carbonyl (C=O) groups is 1. The normalized spacial score (nSPS) is 20.3. The maximum Gasteiger partial charge on any atom is 0.407 e. The predicted molar refractivity (Wildman–Crippen MR) is 99.4 cm³/mol. The van der Waals surface area contributed by atoms with E-state index in [2.05, 4.69) is 5.32 Å². The molecule has 0 atom stereocenters. The van der Waals surface area contributed by atoms with Crippen LogP contribution in [0.15, 0.2) is 29.2 Å². The molecule has 1 amide bonds. The highest BCUT2D eigenvalue weighted by atomic mass is 32.2. The van der Waals surface area contributed by atoms with Crippen molar-refractivity contribution in [3.8, 4) is 0 Å². The Balaban J connectivity index is 1.63. The van der Waals surface area contributed by atoms with Gasteiger partial charge in [-0.1, -0.05) is 17.7 Å². The van der Waals surface area contributed by atoms with E-state index < -0.39 is 21.8 Å². The van der Waals surface area contributed by atoms with Crippen molar-refractivity contribution < 1.29 is 22.1 Å². The second-order valence-electron chi connectivity index (χ2n) is 7.89. The van der Waals surface area contributed by atoms with Gasteiger partial charge in [-0.2, -0.15) is 8.42 Å². The number of benzene rings is 1. The zero-order valence-corrected chi connectivity index (χ0v) is 16.8. The summed E-state index contributed by atoms with van der Waals surface area (Å²) in [4.78, 5) is 11.7. The molecule has 1 saturated carbocycles. The van der Waals surface area contributed by atoms with Crippen LogP contribution in [0, 0.1) is 12.8 Å². The first-order chi connectivity index (χ1) is 12.0. The number of amides is 1. The fraction of sp³-hybridized carbons (Fsp3) is 0.632. The van der Waals surface area contributed by atoms with Crippen LogP contribution in [-0.2, 0) is 19.0 Å². The van der Waals surface area contributed by atoms with Gasteiger partial charge in [-0.15, -0.1) is 0 Å². The summed E-state index contributed by atoms with van der Waals surface area (Å²) in [5.41, 5.74) is 0.513. The molecule has 6 nitrogen and oxygen atoms in total. The molecule has 146 valence electrons. The molecule has 0 saturated heterocycles. The molecule has 1 N–H and O–H groups in total. The van der Waals surface area contributed by atoms with Crippen LogP contribution in [0.1, 0.15) is 52.0 Å². The number of nitrogens with one attached hydrogen (secondary N) is 1. The van der Waals surface area contributed by atoms with Crippen LogP contribution in [0.25, 0.3) is 0 Å². The minimum atomic E-state index is -3.69. The SMILES string of the molecule is Cc1ccc(S(=O)(=O)OC2CC(CCCNC(=O)OC(C)(C)C)C2)cc1. The topological polar surface area (TPSA) is 81.7 Å². The van der Waals surface area contributed by atoms with Crippen LogP contribution >= 0.6 is 0 Å². The lowest BCUT2D eigenvalue weighted by Gasteiger charge is -2.34. The van der Waals surface area contributed by atoms with Crippen LogP contribution in [0.2, 0.25) is 0 Å². The van der Waals surface area contributed by atoms with Gasteiger partial charge in [0.1, 0.15) is 5.60 Å². The third kappa shape index (κ3) is 6.61. The van der Waals surface area contributed by atoms with E-state index >= 15 is 0 Å². The van der Waals surface area contributed by atoms with E-state index in [9.17, 15) is 13.2 Å². The molecule has 0 aliphatic heterocycles. The molecule has 0 aromatic heterocycles. The highest BCUT2D eigenvalue weighted by molar-refractivity contribution is 7.86. The molecule has 2 rings (SSSR count). The maximum atomic E-state index is 12.2. The predicted octanol–water partition coefficient (Wildman–Crippen LogP) is 3.78. The first-order valence-electron chi connectivity index (χ1n) is 9.02. The summed E-state index contributed by atoms with van der Waals surface area (Å²) in [6, 6.07) is 6.67. The van der Waals surface area contributed by atoms with Gasteiger partial charge in [0.2, 0.25) is 0 Å². The minimum Gasteiger partial charge on any atom is -0.444 e. The Kier molecular flexibility index (Phi) is 6.69. The highest BCUT2D eigenvalue weighted by Gasteiger charge is 2.33. The molecule has 1 fully saturated rings. The molecule has 1 aromatic carbocycles. The summed E-state index contributed by atoms with van der Waals surface area (Å²) in [6.07, 6.45) is 2.58. The van der Waals surface area contributed by atoms with E-state index in [0.717, 1.165) is 31.2 Å². The number of aryl methyl sites for hydroxylation is 1. The van der Waals surface area contributed by atoms with E-state index in [0.29, 0.717) is 12.5 Å². The smallest absolute Gasteiger partial charge is 0.407 e. The van der Waals surface area contributed by atoms with Crippen molar-refractivity contribution in [2.75, 3.05) is 6.54 Å². The summed E-state index contributed by atoms with van der Waals surface area (Å²) in [6.45, 7) is 7.94. The molecule has 1 aliphatic rings. The second kappa shape index (κ2) is 8.39. The molecular formula is C19H29NO5S. The summed E-state index contributed by atoms with van der Waals surface area (Å²) in [7, 11) is -3.69. The molecule has 0 unspecified atom stereocenters. The molecule has 1 aliphatic carbocycles. The van der Waals surface area contributed by atoms with Gasteiger partial charge in [-0.05, 0) is 71.4 Å². The Morgan fingerprint density at radius 3 is 2.38 bits per heavy atom. The molecule has 0 bridgehead atoms. The lowest BCUT2D eigenvalue weighted by atomic mass is 9.79. The Labute approximate surface area is 156 Å². The summed E-state index contributed by atoms with van der Waals surface area (Å²) in [5.74, 6) is 0.439. The molecule has 0 heterocycles. The number of ether oxygens (including phenoxy) is 1. The zero-order chi connectivity index (χ0) is 19.4. The first kappa shape index (κ1) is 20.7. The van der Waals surface area contributed by atoms with E-state index in [1.807, 2.05) is 27.7 Å². The molecular weight excluding hydrogens is 354 g/mol. The summed E-state index contributed by atoms with van der Waals surface area (Å²) in [5, 5.41) is 2.73. The van der Waals surface area contributed by atoms with Crippen molar-refractivity contribution in [2.24, 2.45) is 5.92 Å². The van der Waals surface area contributed by atoms with Gasteiger partial charge >= 0.3 is 6.09 Å². The highest BCUT2D eigenvalue weighted by Crippen LogP contribution is 2.35. The monoisotopic (exact) mass is 383 g/mol. The molecule has 7 heteroatoms. The van der Waals surface area contributed by atoms with Gasteiger partial charge in [0.25, 0.3) is 10.1 Å². The van der Waals surface area contributed by atoms with Crippen molar-refractivity contribution in [3.63, 3.8) is 0 Å². The van der Waals surface area contributed by atoms with Crippen LogP contribution in [0.5, 0.6) is 0 Å². The van der Waals surface area contributed by atoms with Crippen LogP contribution < -0.4 is 5.32 Å². The number of rotatable bonds is 7. The number of carbonyl (C=O) groups excluding carboxylic acids is 1. The van der Waals surface area contributed by atoms with Crippen molar-refractivity contribution in [3.05, 3.63) is 29.8 Å². The van der Waals surface area contributed by atoms with Gasteiger partial charge < -0.3 is 10.1 Å². The van der Waals surface area contributed by atoms with Crippen LogP contribution in [0.4, 0.5) is 4.79 Å². The Bertz CT molecular complexity index is 700. The van der Waals surface area contributed by atoms with Crippen molar-refractivity contribution in [1.29, 1.82) is 0 Å². The average molecular weight is 384 g/mol. The zero-order valence-electron chi connectivity index (χ0n) is 15.9. The van der Waals surface area contributed by atoms with E-state index in [-0.39, 0.29) is 11.0 Å². The molecule has 0 spiro atoms. The maximum absolute atomic E-state index is 12.2. The van der Waals surface area contributed by atoms with Crippen molar-refractivity contribution >= 4 is 16.2 Å². The lowest BCUT2D eigenvalue weighted by molar-refractivity contribution is 0.0509. The molecule has 0 radical (unpaired) electrons. The standard InChI is InChI=1S/C19H29NO5S/c1-14-7-9-17(10-8-14)26(22,23)25-16-12-15(13-16)6-5-11-20-18(21)24-19(2,3)4/h7-10,15-16H,5-6,11-13H2,1-4H3,(H,20,21). The van der Waals surface area contributed by atoms with Crippen LogP contribution in [-0.4, -0.2) is 32.8 Å². The number of alkyl carbamates (subject to hydrolysis) is 1. The van der Waals surface area contributed by atoms with E-state index in [1.54, 1.807) is 24.3 Å². The van der Waals surface area contributed by atoms with Gasteiger partial charge in [0, 0.05) is 6.54 Å². The third-order valence-electron chi connectivity index (χ3n) is 4.22. The fourth-order valence-electron chi connectivity index (χ4n) is 2.82. The van der Waals surface area contributed by atoms with Gasteiger partial charge in [0.05, 0.1) is 11.0 Å². The van der Waals surface area contributed by atoms with E-state index in [1.165, 1.54) is 0 Å². The quantitative estimate of drug-likeness (QED) is 0.572. The van der Waals surface area contributed by atoms with Crippen LogP contribution in [0.3, 0.4) is 0 Å². The van der Waals surface area contributed by atoms with Crippen molar-refractivity contribution in [1.82, 2.24) is 5.32 Å². The Morgan fingerprint density at radius 2 is 1.81 bits per heavy atom.